The topological polar surface area (TPSA) is 17.8 Å². The smallest absolute Gasteiger partial charge is 0.107 e. The van der Waals surface area contributed by atoms with Crippen molar-refractivity contribution >= 4 is 24.3 Å². The zero-order valence-corrected chi connectivity index (χ0v) is 12.3. The maximum absolute atomic E-state index is 4.23. The normalized spacial score (nSPS) is 12.2. The van der Waals surface area contributed by atoms with Gasteiger partial charge in [0.05, 0.1) is 5.52 Å². The van der Waals surface area contributed by atoms with Crippen LogP contribution in [0, 0.1) is 0 Å². The summed E-state index contributed by atoms with van der Waals surface area (Å²) >= 11 is 0. The van der Waals surface area contributed by atoms with Crippen molar-refractivity contribution in [2.45, 2.75) is 38.9 Å². The highest BCUT2D eigenvalue weighted by atomic mass is 28.3. The summed E-state index contributed by atoms with van der Waals surface area (Å²) in [6.07, 6.45) is 3.87. The predicted octanol–water partition coefficient (Wildman–Crippen LogP) is 3.29. The van der Waals surface area contributed by atoms with Gasteiger partial charge in [-0.15, -0.1) is 0 Å². The number of hydrogen-bond donors (Lipinski definition) is 0. The number of aryl methyl sites for hydroxylation is 1. The van der Waals surface area contributed by atoms with Gasteiger partial charge in [-0.25, -0.2) is 0 Å². The van der Waals surface area contributed by atoms with Gasteiger partial charge in [-0.2, -0.15) is 0 Å². The van der Waals surface area contributed by atoms with E-state index in [1.807, 2.05) is 12.4 Å². The Labute approximate surface area is 105 Å². The summed E-state index contributed by atoms with van der Waals surface area (Å²) in [5.74, 6) is 0. The molecule has 0 aliphatic rings. The van der Waals surface area contributed by atoms with Gasteiger partial charge >= 0.3 is 0 Å². The zero-order valence-electron chi connectivity index (χ0n) is 11.3. The van der Waals surface area contributed by atoms with Crippen molar-refractivity contribution in [3.8, 4) is 0 Å². The van der Waals surface area contributed by atoms with Crippen molar-refractivity contribution in [3.05, 3.63) is 24.5 Å². The van der Waals surface area contributed by atoms with Crippen LogP contribution in [0.25, 0.3) is 10.9 Å². The van der Waals surface area contributed by atoms with Gasteiger partial charge in [0.15, 0.2) is 0 Å². The van der Waals surface area contributed by atoms with Gasteiger partial charge in [-0.3, -0.25) is 4.98 Å². The van der Waals surface area contributed by atoms with Crippen LogP contribution in [0.3, 0.4) is 0 Å². The summed E-state index contributed by atoms with van der Waals surface area (Å²) in [7, 11) is 0.923. The van der Waals surface area contributed by atoms with Crippen molar-refractivity contribution in [1.82, 2.24) is 9.55 Å². The molecule has 2 heterocycles. The first-order valence-electron chi connectivity index (χ1n) is 6.58. The molecule has 2 aromatic heterocycles. The van der Waals surface area contributed by atoms with Gasteiger partial charge in [0.1, 0.15) is 8.07 Å². The van der Waals surface area contributed by atoms with Crippen LogP contribution < -0.4 is 5.32 Å². The molecule has 17 heavy (non-hydrogen) atoms. The molecule has 0 N–H and O–H groups in total. The van der Waals surface area contributed by atoms with E-state index in [0.717, 1.165) is 0 Å². The number of nitrogens with zero attached hydrogens (tertiary/aromatic N) is 2. The fourth-order valence-corrected chi connectivity index (χ4v) is 6.87. The van der Waals surface area contributed by atoms with Crippen LogP contribution in [-0.2, 0) is 7.05 Å². The van der Waals surface area contributed by atoms with Crippen LogP contribution in [0.1, 0.15) is 20.8 Å². The highest BCUT2D eigenvalue weighted by Gasteiger charge is 2.32. The second-order valence-electron chi connectivity index (χ2n) is 4.86. The third-order valence-electron chi connectivity index (χ3n) is 4.42. The van der Waals surface area contributed by atoms with Crippen LogP contribution in [0.5, 0.6) is 0 Å². The van der Waals surface area contributed by atoms with Gasteiger partial charge in [0.25, 0.3) is 0 Å². The predicted molar refractivity (Wildman–Crippen MR) is 77.5 cm³/mol. The average Bonchev–Trinajstić information content (AvgIpc) is 2.72. The highest BCUT2D eigenvalue weighted by Crippen LogP contribution is 2.23. The lowest BCUT2D eigenvalue weighted by Crippen LogP contribution is -2.48. The van der Waals surface area contributed by atoms with Crippen LogP contribution >= 0.6 is 0 Å². The molecule has 0 unspecified atom stereocenters. The highest BCUT2D eigenvalue weighted by molar-refractivity contribution is 6.91. The summed E-state index contributed by atoms with van der Waals surface area (Å²) in [5, 5.41) is 2.88. The lowest BCUT2D eigenvalue weighted by atomic mass is 10.3. The molecule has 0 saturated heterocycles. The minimum Gasteiger partial charge on any atom is -0.352 e. The van der Waals surface area contributed by atoms with Gasteiger partial charge in [-0.05, 0) is 12.1 Å². The molecule has 0 aliphatic carbocycles. The summed E-state index contributed by atoms with van der Waals surface area (Å²) in [6.45, 7) is 7.07. The van der Waals surface area contributed by atoms with E-state index in [-0.39, 0.29) is 0 Å². The first-order valence-corrected chi connectivity index (χ1v) is 9.20. The Hall–Kier alpha value is -1.09. The maximum atomic E-state index is 4.23. The first-order chi connectivity index (χ1) is 8.18. The van der Waals surface area contributed by atoms with Gasteiger partial charge < -0.3 is 4.57 Å². The lowest BCUT2D eigenvalue weighted by molar-refractivity contribution is 0.982. The lowest BCUT2D eigenvalue weighted by Gasteiger charge is -2.28. The monoisotopic (exact) mass is 246 g/mol. The van der Waals surface area contributed by atoms with Crippen molar-refractivity contribution in [3.63, 3.8) is 0 Å². The van der Waals surface area contributed by atoms with Crippen LogP contribution in [0.4, 0.5) is 0 Å². The number of aromatic nitrogens is 2. The third-order valence-corrected chi connectivity index (χ3v) is 10.0. The molecule has 0 atom stereocenters. The summed E-state index contributed by atoms with van der Waals surface area (Å²) in [5.41, 5.74) is 1.32. The van der Waals surface area contributed by atoms with Gasteiger partial charge in [0, 0.05) is 30.1 Å². The summed E-state index contributed by atoms with van der Waals surface area (Å²) in [6, 6.07) is 8.50. The average molecular weight is 246 g/mol. The van der Waals surface area contributed by atoms with Gasteiger partial charge in [0.2, 0.25) is 0 Å². The fourth-order valence-electron chi connectivity index (χ4n) is 2.99. The zero-order chi connectivity index (χ0) is 12.5. The molecule has 0 amide bonds. The van der Waals surface area contributed by atoms with Crippen LogP contribution in [-0.4, -0.2) is 17.6 Å². The number of rotatable bonds is 4. The minimum absolute atomic E-state index is 1.29. The molecule has 2 rings (SSSR count). The molecule has 92 valence electrons. The standard InChI is InChI=1S/C14H22N2Si/c1-5-17(6-2,7-3)14-10-12-11-15-9-8-13(12)16(14)4/h8-11H,5-7H2,1-4H3. The van der Waals surface area contributed by atoms with Crippen molar-refractivity contribution < 1.29 is 0 Å². The minimum atomic E-state index is -1.29. The van der Waals surface area contributed by atoms with Crippen molar-refractivity contribution in [2.24, 2.45) is 7.05 Å². The molecule has 3 heteroatoms. The van der Waals surface area contributed by atoms with Gasteiger partial charge in [-0.1, -0.05) is 38.9 Å². The van der Waals surface area contributed by atoms with E-state index >= 15 is 0 Å². The maximum Gasteiger partial charge on any atom is 0.107 e. The Balaban J connectivity index is 2.65. The second kappa shape index (κ2) is 4.65. The van der Waals surface area contributed by atoms with Crippen LogP contribution in [0.15, 0.2) is 24.5 Å². The first kappa shape index (κ1) is 12.4. The van der Waals surface area contributed by atoms with Crippen molar-refractivity contribution in [2.75, 3.05) is 0 Å². The van der Waals surface area contributed by atoms with Crippen LogP contribution in [0.2, 0.25) is 18.1 Å². The number of hydrogen-bond acceptors (Lipinski definition) is 1. The fraction of sp³-hybridized carbons (Fsp3) is 0.500. The Morgan fingerprint density at radius 1 is 1.18 bits per heavy atom. The van der Waals surface area contributed by atoms with E-state index in [2.05, 4.69) is 49.5 Å². The molecule has 0 bridgehead atoms. The molecule has 0 spiro atoms. The SMILES string of the molecule is CC[Si](CC)(CC)c1cc2cnccc2n1C. The van der Waals surface area contributed by atoms with E-state index in [1.165, 1.54) is 29.0 Å². The van der Waals surface area contributed by atoms with E-state index in [9.17, 15) is 0 Å². The molecule has 0 radical (unpaired) electrons. The van der Waals surface area contributed by atoms with E-state index in [0.29, 0.717) is 0 Å². The van der Waals surface area contributed by atoms with Crippen molar-refractivity contribution in [1.29, 1.82) is 0 Å². The summed E-state index contributed by atoms with van der Waals surface area (Å²) in [4.78, 5) is 4.23. The molecule has 2 nitrogen and oxygen atoms in total. The van der Waals surface area contributed by atoms with E-state index in [4.69, 9.17) is 0 Å². The largest absolute Gasteiger partial charge is 0.352 e. The molecule has 0 saturated carbocycles. The molecule has 0 fully saturated rings. The number of pyridine rings is 1. The quantitative estimate of drug-likeness (QED) is 0.757. The molecule has 0 aromatic carbocycles. The van der Waals surface area contributed by atoms with E-state index < -0.39 is 8.07 Å². The third kappa shape index (κ3) is 1.82. The Kier molecular flexibility index (Phi) is 3.38. The summed E-state index contributed by atoms with van der Waals surface area (Å²) < 4.78 is 2.40. The molecular formula is C14H22N2Si. The second-order valence-corrected chi connectivity index (χ2v) is 10.1. The molecule has 0 aliphatic heterocycles. The number of fused-ring (bicyclic) bond motifs is 1. The molecular weight excluding hydrogens is 224 g/mol. The Bertz CT molecular complexity index is 504. The van der Waals surface area contributed by atoms with E-state index in [1.54, 1.807) is 5.32 Å². The molecule has 2 aromatic rings. The Morgan fingerprint density at radius 3 is 2.35 bits per heavy atom. The Morgan fingerprint density at radius 2 is 1.82 bits per heavy atom.